The molecule has 0 fully saturated rings. The highest BCUT2D eigenvalue weighted by molar-refractivity contribution is 6.06. The first-order valence-electron chi connectivity index (χ1n) is 8.35. The van der Waals surface area contributed by atoms with Gasteiger partial charge in [-0.05, 0) is 45.5 Å². The summed E-state index contributed by atoms with van der Waals surface area (Å²) in [5.41, 5.74) is 14.9. The second-order valence-electron chi connectivity index (χ2n) is 6.16. The third kappa shape index (κ3) is 2.89. The molecule has 0 saturated carbocycles. The molecule has 0 aromatic heterocycles. The lowest BCUT2D eigenvalue weighted by Gasteiger charge is -2.23. The van der Waals surface area contributed by atoms with Gasteiger partial charge < -0.3 is 21.7 Å². The molecule has 0 radical (unpaired) electrons. The molecular formula is C20H24N2O2. The van der Waals surface area contributed by atoms with E-state index in [0.717, 1.165) is 32.7 Å². The molecular weight excluding hydrogens is 300 g/mol. The molecule has 0 bridgehead atoms. The highest BCUT2D eigenvalue weighted by Gasteiger charge is 2.20. The number of benzene rings is 3. The van der Waals surface area contributed by atoms with Crippen LogP contribution in [0.4, 0.5) is 0 Å². The van der Waals surface area contributed by atoms with Crippen LogP contribution in [-0.2, 0) is 0 Å². The quantitative estimate of drug-likeness (QED) is 0.525. The number of hydrogen-bond donors (Lipinski definition) is 4. The van der Waals surface area contributed by atoms with Crippen LogP contribution in [-0.4, -0.2) is 23.4 Å². The maximum Gasteiger partial charge on any atom is 0.0449 e. The fourth-order valence-corrected chi connectivity index (χ4v) is 3.56. The predicted octanol–water partition coefficient (Wildman–Crippen LogP) is 2.76. The third-order valence-corrected chi connectivity index (χ3v) is 4.64. The van der Waals surface area contributed by atoms with Crippen molar-refractivity contribution in [1.29, 1.82) is 0 Å². The van der Waals surface area contributed by atoms with E-state index in [1.54, 1.807) is 0 Å². The van der Waals surface area contributed by atoms with Gasteiger partial charge in [-0.25, -0.2) is 0 Å². The molecule has 2 unspecified atom stereocenters. The lowest BCUT2D eigenvalue weighted by Crippen LogP contribution is -2.16. The zero-order chi connectivity index (χ0) is 17.1. The number of fused-ring (bicyclic) bond motifs is 2. The fourth-order valence-electron chi connectivity index (χ4n) is 3.56. The number of aliphatic hydroxyl groups excluding tert-OH is 2. The lowest BCUT2D eigenvalue weighted by atomic mass is 9.85. The molecule has 126 valence electrons. The van der Waals surface area contributed by atoms with Crippen molar-refractivity contribution in [2.24, 2.45) is 11.5 Å². The standard InChI is InChI=1S/C20H24N2O2/c21-17(9-11-23)19-13-5-1-2-6-14(13)20(18(22)10-12-24)16-8-4-3-7-15(16)19/h1-8,17-18,23-24H,9-12,21-22H2. The van der Waals surface area contributed by atoms with Crippen LogP contribution in [0, 0.1) is 0 Å². The average Bonchev–Trinajstić information content (AvgIpc) is 2.59. The van der Waals surface area contributed by atoms with Crippen LogP contribution in [0.3, 0.4) is 0 Å². The molecule has 4 heteroatoms. The van der Waals surface area contributed by atoms with E-state index < -0.39 is 0 Å². The van der Waals surface area contributed by atoms with Gasteiger partial charge >= 0.3 is 0 Å². The summed E-state index contributed by atoms with van der Waals surface area (Å²) in [6.07, 6.45) is 1.02. The Balaban J connectivity index is 2.41. The number of aliphatic hydroxyl groups is 2. The highest BCUT2D eigenvalue weighted by Crippen LogP contribution is 2.39. The van der Waals surface area contributed by atoms with Crippen LogP contribution in [0.25, 0.3) is 21.5 Å². The monoisotopic (exact) mass is 324 g/mol. The minimum absolute atomic E-state index is 0.0512. The zero-order valence-corrected chi connectivity index (χ0v) is 13.7. The van der Waals surface area contributed by atoms with Crippen LogP contribution < -0.4 is 11.5 Å². The van der Waals surface area contributed by atoms with Crippen molar-refractivity contribution in [2.75, 3.05) is 13.2 Å². The molecule has 0 amide bonds. The van der Waals surface area contributed by atoms with Crippen molar-refractivity contribution in [3.05, 3.63) is 59.7 Å². The van der Waals surface area contributed by atoms with E-state index in [2.05, 4.69) is 24.3 Å². The van der Waals surface area contributed by atoms with Gasteiger partial charge in [0.15, 0.2) is 0 Å². The zero-order valence-electron chi connectivity index (χ0n) is 13.7. The molecule has 0 spiro atoms. The maximum atomic E-state index is 9.33. The first-order chi connectivity index (χ1) is 11.7. The Morgan fingerprint density at radius 2 is 0.917 bits per heavy atom. The minimum Gasteiger partial charge on any atom is -0.396 e. The van der Waals surface area contributed by atoms with Crippen LogP contribution >= 0.6 is 0 Å². The van der Waals surface area contributed by atoms with Gasteiger partial charge in [0.2, 0.25) is 0 Å². The summed E-state index contributed by atoms with van der Waals surface area (Å²) in [5.74, 6) is 0. The molecule has 0 aliphatic heterocycles. The molecule has 3 aromatic rings. The van der Waals surface area contributed by atoms with Crippen molar-refractivity contribution in [1.82, 2.24) is 0 Å². The van der Waals surface area contributed by atoms with E-state index in [4.69, 9.17) is 11.5 Å². The Morgan fingerprint density at radius 1 is 0.625 bits per heavy atom. The number of hydrogen-bond acceptors (Lipinski definition) is 4. The van der Waals surface area contributed by atoms with Crippen molar-refractivity contribution in [3.63, 3.8) is 0 Å². The highest BCUT2D eigenvalue weighted by atomic mass is 16.3. The second-order valence-corrected chi connectivity index (χ2v) is 6.16. The Hall–Kier alpha value is -1.98. The molecule has 0 saturated heterocycles. The summed E-state index contributed by atoms with van der Waals surface area (Å²) in [4.78, 5) is 0. The van der Waals surface area contributed by atoms with Crippen molar-refractivity contribution in [2.45, 2.75) is 24.9 Å². The Bertz CT molecular complexity index is 721. The Morgan fingerprint density at radius 3 is 1.17 bits per heavy atom. The van der Waals surface area contributed by atoms with E-state index in [0.29, 0.717) is 12.8 Å². The molecule has 3 rings (SSSR count). The molecule has 0 aliphatic rings. The summed E-state index contributed by atoms with van der Waals surface area (Å²) in [6.45, 7) is 0.102. The lowest BCUT2D eigenvalue weighted by molar-refractivity contribution is 0.276. The average molecular weight is 324 g/mol. The van der Waals surface area contributed by atoms with E-state index in [9.17, 15) is 10.2 Å². The molecule has 0 heterocycles. The van der Waals surface area contributed by atoms with Gasteiger partial charge in [-0.15, -0.1) is 0 Å². The van der Waals surface area contributed by atoms with Crippen LogP contribution in [0.1, 0.15) is 36.1 Å². The van der Waals surface area contributed by atoms with Gasteiger partial charge in [-0.1, -0.05) is 48.5 Å². The number of rotatable bonds is 6. The van der Waals surface area contributed by atoms with Crippen molar-refractivity contribution in [3.8, 4) is 0 Å². The van der Waals surface area contributed by atoms with Gasteiger partial charge in [0.05, 0.1) is 0 Å². The van der Waals surface area contributed by atoms with Gasteiger partial charge in [-0.3, -0.25) is 0 Å². The minimum atomic E-state index is -0.243. The summed E-state index contributed by atoms with van der Waals surface area (Å²) in [6, 6.07) is 15.7. The first-order valence-corrected chi connectivity index (χ1v) is 8.35. The van der Waals surface area contributed by atoms with Crippen molar-refractivity contribution < 1.29 is 10.2 Å². The van der Waals surface area contributed by atoms with Crippen LogP contribution in [0.2, 0.25) is 0 Å². The molecule has 24 heavy (non-hydrogen) atoms. The predicted molar refractivity (Wildman–Crippen MR) is 98.7 cm³/mol. The first kappa shape index (κ1) is 16.9. The van der Waals surface area contributed by atoms with E-state index in [-0.39, 0.29) is 25.3 Å². The summed E-state index contributed by atoms with van der Waals surface area (Å²) in [5, 5.41) is 22.9. The van der Waals surface area contributed by atoms with E-state index in [1.807, 2.05) is 24.3 Å². The summed E-state index contributed by atoms with van der Waals surface area (Å²) >= 11 is 0. The molecule has 0 aliphatic carbocycles. The van der Waals surface area contributed by atoms with Gasteiger partial charge in [0.1, 0.15) is 0 Å². The SMILES string of the molecule is NC(CCO)c1c2ccccc2c(C(N)CCO)c2ccccc12. The Labute approximate surface area is 141 Å². The number of nitrogens with two attached hydrogens (primary N) is 2. The van der Waals surface area contributed by atoms with Gasteiger partial charge in [-0.2, -0.15) is 0 Å². The van der Waals surface area contributed by atoms with Crippen molar-refractivity contribution >= 4 is 21.5 Å². The van der Waals surface area contributed by atoms with E-state index >= 15 is 0 Å². The van der Waals surface area contributed by atoms with E-state index in [1.165, 1.54) is 0 Å². The normalized spacial score (nSPS) is 14.2. The van der Waals surface area contributed by atoms with Crippen LogP contribution in [0.15, 0.2) is 48.5 Å². The third-order valence-electron chi connectivity index (χ3n) is 4.64. The summed E-state index contributed by atoms with van der Waals surface area (Å²) in [7, 11) is 0. The molecule has 6 N–H and O–H groups in total. The molecule has 4 nitrogen and oxygen atoms in total. The smallest absolute Gasteiger partial charge is 0.0449 e. The largest absolute Gasteiger partial charge is 0.396 e. The van der Waals surface area contributed by atoms with Crippen LogP contribution in [0.5, 0.6) is 0 Å². The second kappa shape index (κ2) is 7.28. The van der Waals surface area contributed by atoms with Gasteiger partial charge in [0.25, 0.3) is 0 Å². The molecule has 3 aromatic carbocycles. The molecule has 2 atom stereocenters. The fraction of sp³-hybridized carbons (Fsp3) is 0.300. The summed E-state index contributed by atoms with van der Waals surface area (Å²) < 4.78 is 0. The maximum absolute atomic E-state index is 9.33. The van der Waals surface area contributed by atoms with Gasteiger partial charge in [0, 0.05) is 25.3 Å². The topological polar surface area (TPSA) is 92.5 Å². The Kier molecular flexibility index (Phi) is 5.11.